The zero-order chi connectivity index (χ0) is 14.9. The highest BCUT2D eigenvalue weighted by Crippen LogP contribution is 2.14. The number of pyridine rings is 1. The van der Waals surface area contributed by atoms with Crippen LogP contribution in [0.3, 0.4) is 0 Å². The second-order valence-corrected chi connectivity index (χ2v) is 4.37. The first-order valence-corrected chi connectivity index (χ1v) is 6.68. The number of amides is 1. The van der Waals surface area contributed by atoms with Crippen molar-refractivity contribution in [2.75, 3.05) is 11.9 Å². The predicted molar refractivity (Wildman–Crippen MR) is 81.6 cm³/mol. The average molecular weight is 280 g/mol. The maximum atomic E-state index is 12.0. The van der Waals surface area contributed by atoms with Crippen LogP contribution < -0.4 is 5.32 Å². The number of anilines is 1. The molecule has 4 nitrogen and oxygen atoms in total. The van der Waals surface area contributed by atoms with E-state index in [1.54, 1.807) is 12.3 Å². The summed E-state index contributed by atoms with van der Waals surface area (Å²) in [5.74, 6) is 5.66. The quantitative estimate of drug-likeness (QED) is 0.842. The largest absolute Gasteiger partial charge is 0.395 e. The van der Waals surface area contributed by atoms with Crippen LogP contribution in [-0.2, 0) is 11.2 Å². The Morgan fingerprint density at radius 3 is 2.76 bits per heavy atom. The molecule has 0 radical (unpaired) electrons. The minimum Gasteiger partial charge on any atom is -0.395 e. The summed E-state index contributed by atoms with van der Waals surface area (Å²) >= 11 is 0. The van der Waals surface area contributed by atoms with Crippen molar-refractivity contribution < 1.29 is 9.90 Å². The molecule has 0 unspecified atom stereocenters. The molecule has 2 rings (SSSR count). The van der Waals surface area contributed by atoms with Gasteiger partial charge in [-0.1, -0.05) is 30.0 Å². The summed E-state index contributed by atoms with van der Waals surface area (Å²) in [4.78, 5) is 16.2. The van der Waals surface area contributed by atoms with Crippen molar-refractivity contribution in [2.24, 2.45) is 0 Å². The highest BCUT2D eigenvalue weighted by molar-refractivity contribution is 5.93. The minimum atomic E-state index is -0.134. The topological polar surface area (TPSA) is 62.2 Å². The summed E-state index contributed by atoms with van der Waals surface area (Å²) in [7, 11) is 0. The summed E-state index contributed by atoms with van der Waals surface area (Å²) in [5, 5.41) is 11.6. The van der Waals surface area contributed by atoms with E-state index < -0.39 is 0 Å². The Hall–Kier alpha value is -2.64. The van der Waals surface area contributed by atoms with Gasteiger partial charge in [-0.3, -0.25) is 9.78 Å². The molecule has 0 aliphatic rings. The molecular formula is C17H16N2O2. The lowest BCUT2D eigenvalue weighted by molar-refractivity contribution is -0.115. The van der Waals surface area contributed by atoms with Crippen molar-refractivity contribution in [3.05, 3.63) is 59.9 Å². The fourth-order valence-electron chi connectivity index (χ4n) is 1.78. The summed E-state index contributed by atoms with van der Waals surface area (Å²) in [6.07, 6.45) is 2.30. The number of carbonyl (C=O) groups excluding carboxylic acids is 1. The molecular weight excluding hydrogens is 264 g/mol. The molecule has 21 heavy (non-hydrogen) atoms. The Labute approximate surface area is 123 Å². The number of aromatic nitrogens is 1. The van der Waals surface area contributed by atoms with Gasteiger partial charge in [0.25, 0.3) is 0 Å². The van der Waals surface area contributed by atoms with E-state index in [-0.39, 0.29) is 18.9 Å². The highest BCUT2D eigenvalue weighted by Gasteiger charge is 2.06. The number of para-hydroxylation sites is 1. The number of benzene rings is 1. The van der Waals surface area contributed by atoms with Crippen LogP contribution >= 0.6 is 0 Å². The van der Waals surface area contributed by atoms with E-state index in [2.05, 4.69) is 22.1 Å². The van der Waals surface area contributed by atoms with E-state index in [1.165, 1.54) is 0 Å². The van der Waals surface area contributed by atoms with Crippen molar-refractivity contribution in [3.63, 3.8) is 0 Å². The second-order valence-electron chi connectivity index (χ2n) is 4.37. The van der Waals surface area contributed by atoms with E-state index in [0.717, 1.165) is 11.3 Å². The third-order valence-electron chi connectivity index (χ3n) is 2.73. The van der Waals surface area contributed by atoms with E-state index >= 15 is 0 Å². The molecule has 1 amide bonds. The van der Waals surface area contributed by atoms with E-state index in [1.807, 2.05) is 36.4 Å². The molecule has 0 saturated carbocycles. The Bertz CT molecular complexity index is 657. The molecule has 0 aliphatic heterocycles. The first kappa shape index (κ1) is 14.8. The van der Waals surface area contributed by atoms with Gasteiger partial charge >= 0.3 is 0 Å². The number of carbonyl (C=O) groups is 1. The van der Waals surface area contributed by atoms with Crippen LogP contribution in [0.25, 0.3) is 0 Å². The molecule has 0 bridgehead atoms. The van der Waals surface area contributed by atoms with Crippen LogP contribution in [0.5, 0.6) is 0 Å². The molecule has 1 heterocycles. The number of nitrogens with one attached hydrogen (secondary N) is 1. The number of aliphatic hydroxyl groups is 1. The number of aliphatic hydroxyl groups excluding tert-OH is 1. The van der Waals surface area contributed by atoms with Crippen molar-refractivity contribution in [3.8, 4) is 11.8 Å². The molecule has 0 fully saturated rings. The molecule has 2 aromatic rings. The SMILES string of the molecule is O=C(Cc1ccccn1)Nc1ccccc1C#CCCO. The maximum Gasteiger partial charge on any atom is 0.230 e. The molecule has 4 heteroatoms. The van der Waals surface area contributed by atoms with Crippen molar-refractivity contribution >= 4 is 11.6 Å². The fraction of sp³-hybridized carbons (Fsp3) is 0.176. The zero-order valence-electron chi connectivity index (χ0n) is 11.5. The molecule has 1 aromatic heterocycles. The van der Waals surface area contributed by atoms with Gasteiger partial charge in [-0.15, -0.1) is 0 Å². The number of rotatable bonds is 4. The molecule has 1 aromatic carbocycles. The van der Waals surface area contributed by atoms with Crippen molar-refractivity contribution in [1.82, 2.24) is 4.98 Å². The monoisotopic (exact) mass is 280 g/mol. The number of nitrogens with zero attached hydrogens (tertiary/aromatic N) is 1. The molecule has 0 saturated heterocycles. The van der Waals surface area contributed by atoms with Crippen molar-refractivity contribution in [2.45, 2.75) is 12.8 Å². The summed E-state index contributed by atoms with van der Waals surface area (Å²) in [6.45, 7) is 0.0290. The molecule has 106 valence electrons. The average Bonchev–Trinajstić information content (AvgIpc) is 2.50. The van der Waals surface area contributed by atoms with Gasteiger partial charge in [0.1, 0.15) is 0 Å². The van der Waals surface area contributed by atoms with Gasteiger partial charge in [0, 0.05) is 23.9 Å². The van der Waals surface area contributed by atoms with Crippen LogP contribution in [0.1, 0.15) is 17.7 Å². The molecule has 0 spiro atoms. The Kier molecular flexibility index (Phi) is 5.50. The number of hydrogen-bond donors (Lipinski definition) is 2. The lowest BCUT2D eigenvalue weighted by atomic mass is 10.1. The normalized spacial score (nSPS) is 9.57. The van der Waals surface area contributed by atoms with Gasteiger partial charge in [0.05, 0.1) is 18.7 Å². The maximum absolute atomic E-state index is 12.0. The van der Waals surface area contributed by atoms with Gasteiger partial charge in [-0.2, -0.15) is 0 Å². The lowest BCUT2D eigenvalue weighted by Crippen LogP contribution is -2.15. The van der Waals surface area contributed by atoms with Crippen molar-refractivity contribution in [1.29, 1.82) is 0 Å². The predicted octanol–water partition coefficient (Wildman–Crippen LogP) is 2.00. The van der Waals surface area contributed by atoms with Gasteiger partial charge in [-0.05, 0) is 24.3 Å². The Morgan fingerprint density at radius 1 is 1.19 bits per heavy atom. The zero-order valence-corrected chi connectivity index (χ0v) is 11.5. The van der Waals surface area contributed by atoms with Gasteiger partial charge in [0.2, 0.25) is 5.91 Å². The Balaban J connectivity index is 2.06. The summed E-state index contributed by atoms with van der Waals surface area (Å²) in [5.41, 5.74) is 2.13. The molecule has 0 aliphatic carbocycles. The van der Waals surface area contributed by atoms with Gasteiger partial charge in [-0.25, -0.2) is 0 Å². The van der Waals surface area contributed by atoms with Gasteiger partial charge in [0.15, 0.2) is 0 Å². The second kappa shape index (κ2) is 7.83. The highest BCUT2D eigenvalue weighted by atomic mass is 16.2. The van der Waals surface area contributed by atoms with Gasteiger partial charge < -0.3 is 10.4 Å². The fourth-order valence-corrected chi connectivity index (χ4v) is 1.78. The first-order valence-electron chi connectivity index (χ1n) is 6.68. The number of hydrogen-bond acceptors (Lipinski definition) is 3. The van der Waals surface area contributed by atoms with E-state index in [4.69, 9.17) is 5.11 Å². The van der Waals surface area contributed by atoms with Crippen LogP contribution in [-0.4, -0.2) is 22.6 Å². The van der Waals surface area contributed by atoms with E-state index in [0.29, 0.717) is 12.1 Å². The molecule has 2 N–H and O–H groups in total. The van der Waals surface area contributed by atoms with Crippen LogP contribution in [0.2, 0.25) is 0 Å². The minimum absolute atomic E-state index is 0.0290. The van der Waals surface area contributed by atoms with E-state index in [9.17, 15) is 4.79 Å². The molecule has 0 atom stereocenters. The standard InChI is InChI=1S/C17H16N2O2/c20-12-6-4-8-14-7-1-2-10-16(14)19-17(21)13-15-9-3-5-11-18-15/h1-3,5,7,9-11,20H,6,12-13H2,(H,19,21). The summed E-state index contributed by atoms with van der Waals surface area (Å²) < 4.78 is 0. The summed E-state index contributed by atoms with van der Waals surface area (Å²) in [6, 6.07) is 12.8. The smallest absolute Gasteiger partial charge is 0.230 e. The van der Waals surface area contributed by atoms with Crippen LogP contribution in [0.15, 0.2) is 48.7 Å². The third kappa shape index (κ3) is 4.75. The van der Waals surface area contributed by atoms with Crippen LogP contribution in [0, 0.1) is 11.8 Å². The Morgan fingerprint density at radius 2 is 2.00 bits per heavy atom. The van der Waals surface area contributed by atoms with Crippen LogP contribution in [0.4, 0.5) is 5.69 Å². The third-order valence-corrected chi connectivity index (χ3v) is 2.73. The first-order chi connectivity index (χ1) is 10.3. The lowest BCUT2D eigenvalue weighted by Gasteiger charge is -2.07.